The number of ether oxygens (including phenoxy) is 4. The molecule has 0 radical (unpaired) electrons. The normalized spacial score (nSPS) is 37.2. The smallest absolute Gasteiger partial charge is 0.192 e. The van der Waals surface area contributed by atoms with E-state index in [1.807, 2.05) is 13.8 Å². The average Bonchev–Trinajstić information content (AvgIpc) is 2.83. The van der Waals surface area contributed by atoms with Crippen LogP contribution >= 0.6 is 0 Å². The Hall–Kier alpha value is -0.0231. The lowest BCUT2D eigenvalue weighted by molar-refractivity contribution is -0.253. The second kappa shape index (κ2) is 6.05. The highest BCUT2D eigenvalue weighted by Crippen LogP contribution is 2.45. The number of aliphatic hydroxyl groups excluding tert-OH is 1. The van der Waals surface area contributed by atoms with E-state index >= 15 is 0 Å². The first-order valence-electron chi connectivity index (χ1n) is 8.18. The van der Waals surface area contributed by atoms with E-state index in [0.717, 1.165) is 0 Å². The van der Waals surface area contributed by atoms with E-state index < -0.39 is 32.1 Å². The maximum Gasteiger partial charge on any atom is 0.192 e. The molecule has 2 aliphatic heterocycles. The lowest BCUT2D eigenvalue weighted by atomic mass is 9.97. The molecule has 0 aromatic carbocycles. The third kappa shape index (κ3) is 3.51. The van der Waals surface area contributed by atoms with Crippen molar-refractivity contribution in [1.29, 1.82) is 0 Å². The van der Waals surface area contributed by atoms with Gasteiger partial charge in [-0.1, -0.05) is 20.8 Å². The van der Waals surface area contributed by atoms with Crippen molar-refractivity contribution < 1.29 is 28.5 Å². The molecule has 2 rings (SSSR count). The summed E-state index contributed by atoms with van der Waals surface area (Å²) in [6.45, 7) is 14.6. The van der Waals surface area contributed by atoms with Crippen molar-refractivity contribution in [1.82, 2.24) is 0 Å². The van der Waals surface area contributed by atoms with Crippen LogP contribution in [0.4, 0.5) is 0 Å². The monoisotopic (exact) mass is 348 g/mol. The molecule has 4 atom stereocenters. The van der Waals surface area contributed by atoms with E-state index in [9.17, 15) is 5.11 Å². The number of hydrogen-bond acceptors (Lipinski definition) is 6. The van der Waals surface area contributed by atoms with E-state index in [0.29, 0.717) is 0 Å². The third-order valence-electron chi connectivity index (χ3n) is 5.26. The molecule has 0 aromatic heterocycles. The highest BCUT2D eigenvalue weighted by atomic mass is 28.4. The molecule has 0 spiro atoms. The lowest BCUT2D eigenvalue weighted by Crippen LogP contribution is -2.55. The van der Waals surface area contributed by atoms with Crippen LogP contribution in [0.3, 0.4) is 0 Å². The van der Waals surface area contributed by atoms with E-state index in [1.165, 1.54) is 0 Å². The van der Waals surface area contributed by atoms with E-state index in [-0.39, 0.29) is 24.4 Å². The van der Waals surface area contributed by atoms with Crippen molar-refractivity contribution in [2.75, 3.05) is 20.3 Å². The fourth-order valence-corrected chi connectivity index (χ4v) is 3.85. The van der Waals surface area contributed by atoms with Crippen molar-refractivity contribution >= 4 is 8.32 Å². The van der Waals surface area contributed by atoms with Gasteiger partial charge in [0.15, 0.2) is 20.4 Å². The first kappa shape index (κ1) is 19.3. The molecule has 1 N–H and O–H groups in total. The Morgan fingerprint density at radius 1 is 1.13 bits per heavy atom. The van der Waals surface area contributed by atoms with E-state index in [4.69, 9.17) is 23.4 Å². The Labute approximate surface area is 140 Å². The molecule has 6 nitrogen and oxygen atoms in total. The minimum absolute atomic E-state index is 0.0790. The zero-order valence-electron chi connectivity index (χ0n) is 15.6. The summed E-state index contributed by atoms with van der Waals surface area (Å²) in [5, 5.41) is 10.1. The van der Waals surface area contributed by atoms with Gasteiger partial charge < -0.3 is 28.5 Å². The topological polar surface area (TPSA) is 66.4 Å². The Bertz CT molecular complexity index is 433. The average molecular weight is 349 g/mol. The number of rotatable bonds is 5. The summed E-state index contributed by atoms with van der Waals surface area (Å²) in [4.78, 5) is 0. The van der Waals surface area contributed by atoms with Crippen LogP contribution in [0.15, 0.2) is 0 Å². The first-order chi connectivity index (χ1) is 10.4. The van der Waals surface area contributed by atoms with Gasteiger partial charge in [-0.15, -0.1) is 0 Å². The lowest BCUT2D eigenvalue weighted by Gasteiger charge is -2.41. The van der Waals surface area contributed by atoms with Crippen molar-refractivity contribution in [3.63, 3.8) is 0 Å². The summed E-state index contributed by atoms with van der Waals surface area (Å²) >= 11 is 0. The summed E-state index contributed by atoms with van der Waals surface area (Å²) in [5.74, 6) is -0.714. The quantitative estimate of drug-likeness (QED) is 0.769. The predicted molar refractivity (Wildman–Crippen MR) is 88.7 cm³/mol. The van der Waals surface area contributed by atoms with Crippen molar-refractivity contribution in [3.8, 4) is 0 Å². The zero-order chi connectivity index (χ0) is 17.7. The van der Waals surface area contributed by atoms with Gasteiger partial charge in [0.2, 0.25) is 0 Å². The van der Waals surface area contributed by atoms with Crippen molar-refractivity contribution in [3.05, 3.63) is 0 Å². The molecule has 0 aromatic rings. The third-order valence-corrected chi connectivity index (χ3v) is 9.74. The molecule has 136 valence electrons. The van der Waals surface area contributed by atoms with Gasteiger partial charge in [0.05, 0.1) is 13.2 Å². The fourth-order valence-electron chi connectivity index (χ4n) is 2.81. The molecular weight excluding hydrogens is 316 g/mol. The van der Waals surface area contributed by atoms with Crippen LogP contribution in [0.2, 0.25) is 18.1 Å². The van der Waals surface area contributed by atoms with Gasteiger partial charge >= 0.3 is 0 Å². The Morgan fingerprint density at radius 3 is 2.22 bits per heavy atom. The maximum absolute atomic E-state index is 10.0. The van der Waals surface area contributed by atoms with Crippen LogP contribution in [-0.2, 0) is 23.4 Å². The standard InChI is InChI=1S/C16H32O6Si/c1-14(2,3)23(7,8)19-10-16(9-17)12(18-6)11-13(22-16)21-15(4,5)20-11/h11-13,17H,9-10H2,1-8H3/t11-,12-,13+,16+/m1/s1. The van der Waals surface area contributed by atoms with Crippen LogP contribution in [0.5, 0.6) is 0 Å². The van der Waals surface area contributed by atoms with Crippen molar-refractivity contribution in [2.45, 2.75) is 82.6 Å². The number of methoxy groups -OCH3 is 1. The van der Waals surface area contributed by atoms with Gasteiger partial charge in [-0.25, -0.2) is 0 Å². The van der Waals surface area contributed by atoms with Crippen LogP contribution < -0.4 is 0 Å². The Kier molecular flexibility index (Phi) is 5.08. The van der Waals surface area contributed by atoms with Gasteiger partial charge in [-0.2, -0.15) is 0 Å². The number of fused-ring (bicyclic) bond motifs is 1. The molecule has 2 aliphatic rings. The molecule has 0 aliphatic carbocycles. The molecule has 0 amide bonds. The van der Waals surface area contributed by atoms with Crippen molar-refractivity contribution in [2.24, 2.45) is 0 Å². The largest absolute Gasteiger partial charge is 0.414 e. The second-order valence-corrected chi connectivity index (χ2v) is 13.3. The Morgan fingerprint density at radius 2 is 1.74 bits per heavy atom. The minimum atomic E-state index is -1.97. The number of hydrogen-bond donors (Lipinski definition) is 1. The van der Waals surface area contributed by atoms with Gasteiger partial charge in [0, 0.05) is 7.11 Å². The highest BCUT2D eigenvalue weighted by Gasteiger charge is 2.62. The molecule has 23 heavy (non-hydrogen) atoms. The zero-order valence-corrected chi connectivity index (χ0v) is 16.6. The molecular formula is C16H32O6Si. The summed E-state index contributed by atoms with van der Waals surface area (Å²) in [6.07, 6.45) is -1.36. The first-order valence-corrected chi connectivity index (χ1v) is 11.1. The van der Waals surface area contributed by atoms with Gasteiger partial charge in [0.1, 0.15) is 17.8 Å². The van der Waals surface area contributed by atoms with Crippen LogP contribution in [-0.4, -0.2) is 63.6 Å². The second-order valence-electron chi connectivity index (χ2n) is 8.51. The van der Waals surface area contributed by atoms with Crippen LogP contribution in [0.25, 0.3) is 0 Å². The summed E-state index contributed by atoms with van der Waals surface area (Å²) in [6, 6.07) is 0. The molecule has 7 heteroatoms. The van der Waals surface area contributed by atoms with Gasteiger partial charge in [0.25, 0.3) is 0 Å². The van der Waals surface area contributed by atoms with Gasteiger partial charge in [-0.05, 0) is 32.0 Å². The molecule has 0 unspecified atom stereocenters. The fraction of sp³-hybridized carbons (Fsp3) is 1.00. The maximum atomic E-state index is 10.0. The molecule has 0 bridgehead atoms. The molecule has 2 saturated heterocycles. The van der Waals surface area contributed by atoms with E-state index in [2.05, 4.69) is 33.9 Å². The van der Waals surface area contributed by atoms with Gasteiger partial charge in [-0.3, -0.25) is 0 Å². The Balaban J connectivity index is 2.15. The number of aliphatic hydroxyl groups is 1. The molecule has 2 heterocycles. The molecule has 0 saturated carbocycles. The van der Waals surface area contributed by atoms with Crippen LogP contribution in [0, 0.1) is 0 Å². The van der Waals surface area contributed by atoms with Crippen LogP contribution in [0.1, 0.15) is 34.6 Å². The molecule has 2 fully saturated rings. The summed E-state index contributed by atoms with van der Waals surface area (Å²) in [7, 11) is -0.372. The summed E-state index contributed by atoms with van der Waals surface area (Å²) in [5.41, 5.74) is -0.962. The van der Waals surface area contributed by atoms with E-state index in [1.54, 1.807) is 7.11 Å². The minimum Gasteiger partial charge on any atom is -0.414 e. The highest BCUT2D eigenvalue weighted by molar-refractivity contribution is 6.74. The predicted octanol–water partition coefficient (Wildman–Crippen LogP) is 2.26. The SMILES string of the molecule is CO[C@@H]1[C@H]2OC(C)(C)O[C@H]2O[C@@]1(CO)CO[Si](C)(C)C(C)(C)C. The summed E-state index contributed by atoms with van der Waals surface area (Å²) < 4.78 is 29.6.